The Labute approximate surface area is 126 Å². The van der Waals surface area contributed by atoms with Crippen LogP contribution >= 0.6 is 0 Å². The van der Waals surface area contributed by atoms with Crippen LogP contribution in [-0.4, -0.2) is 32.4 Å². The first-order chi connectivity index (χ1) is 9.96. The third-order valence-corrected chi connectivity index (χ3v) is 6.01. The zero-order valence-corrected chi connectivity index (χ0v) is 13.4. The molecule has 0 saturated heterocycles. The highest BCUT2D eigenvalue weighted by Crippen LogP contribution is 2.30. The van der Waals surface area contributed by atoms with Gasteiger partial charge in [0.2, 0.25) is 10.0 Å². The molecule has 0 amide bonds. The van der Waals surface area contributed by atoms with Gasteiger partial charge < -0.3 is 5.32 Å². The topological polar surface area (TPSA) is 49.4 Å². The summed E-state index contributed by atoms with van der Waals surface area (Å²) in [4.78, 5) is 0.0838. The van der Waals surface area contributed by atoms with E-state index in [4.69, 9.17) is 0 Å². The molecule has 1 aliphatic rings. The van der Waals surface area contributed by atoms with Gasteiger partial charge in [-0.3, -0.25) is 0 Å². The fraction of sp³-hybridized carbons (Fsp3) is 0.600. The first-order valence-corrected chi connectivity index (χ1v) is 8.88. The lowest BCUT2D eigenvalue weighted by Gasteiger charge is -2.34. The number of hydrogen-bond acceptors (Lipinski definition) is 3. The van der Waals surface area contributed by atoms with Crippen LogP contribution in [0.15, 0.2) is 23.1 Å². The van der Waals surface area contributed by atoms with Crippen molar-refractivity contribution in [3.05, 3.63) is 29.6 Å². The molecule has 0 aliphatic heterocycles. The molecule has 0 aromatic heterocycles. The lowest BCUT2D eigenvalue weighted by molar-refractivity contribution is 0.249. The number of halogens is 1. The van der Waals surface area contributed by atoms with E-state index in [-0.39, 0.29) is 10.9 Å². The normalized spacial score (nSPS) is 16.2. The summed E-state index contributed by atoms with van der Waals surface area (Å²) in [6.45, 7) is 3.27. The van der Waals surface area contributed by atoms with Crippen LogP contribution in [0.4, 0.5) is 4.39 Å². The average molecular weight is 314 g/mol. The molecule has 0 unspecified atom stereocenters. The number of sulfonamides is 1. The number of nitrogens with one attached hydrogen (secondary N) is 1. The van der Waals surface area contributed by atoms with Gasteiger partial charge in [0.05, 0.1) is 4.90 Å². The molecule has 1 N–H and O–H groups in total. The molecule has 0 bridgehead atoms. The van der Waals surface area contributed by atoms with Gasteiger partial charge in [-0.1, -0.05) is 19.4 Å². The molecule has 1 aromatic carbocycles. The molecular weight excluding hydrogens is 291 g/mol. The summed E-state index contributed by atoms with van der Waals surface area (Å²) in [5.74, 6) is -0.519. The first kappa shape index (κ1) is 16.4. The lowest BCUT2D eigenvalue weighted by atomic mass is 9.94. The molecule has 1 saturated carbocycles. The molecule has 0 heterocycles. The number of hydrogen-bond donors (Lipinski definition) is 1. The number of rotatable bonds is 7. The zero-order valence-electron chi connectivity index (χ0n) is 12.6. The summed E-state index contributed by atoms with van der Waals surface area (Å²) in [5.41, 5.74) is 0.621. The van der Waals surface area contributed by atoms with Crippen molar-refractivity contribution in [3.63, 3.8) is 0 Å². The van der Waals surface area contributed by atoms with E-state index in [1.54, 1.807) is 13.1 Å². The molecule has 1 fully saturated rings. The van der Waals surface area contributed by atoms with Crippen molar-refractivity contribution in [1.82, 2.24) is 9.62 Å². The Morgan fingerprint density at radius 3 is 2.67 bits per heavy atom. The molecule has 6 heteroatoms. The Hall–Kier alpha value is -0.980. The van der Waals surface area contributed by atoms with Gasteiger partial charge in [0.1, 0.15) is 5.82 Å². The SMILES string of the molecule is CCCNCc1ccc(F)cc1S(=O)(=O)N(C)C1CCC1. The number of nitrogens with zero attached hydrogens (tertiary/aromatic N) is 1. The Morgan fingerprint density at radius 2 is 2.10 bits per heavy atom. The number of benzene rings is 1. The highest BCUT2D eigenvalue weighted by Gasteiger charge is 2.33. The second-order valence-electron chi connectivity index (χ2n) is 5.53. The van der Waals surface area contributed by atoms with Gasteiger partial charge >= 0.3 is 0 Å². The van der Waals surface area contributed by atoms with E-state index in [0.29, 0.717) is 12.1 Å². The van der Waals surface area contributed by atoms with Gasteiger partial charge in [-0.25, -0.2) is 12.8 Å². The molecule has 4 nitrogen and oxygen atoms in total. The predicted molar refractivity (Wildman–Crippen MR) is 81.0 cm³/mol. The van der Waals surface area contributed by atoms with Crippen LogP contribution in [0.25, 0.3) is 0 Å². The maximum absolute atomic E-state index is 13.5. The fourth-order valence-electron chi connectivity index (χ4n) is 2.42. The first-order valence-electron chi connectivity index (χ1n) is 7.44. The van der Waals surface area contributed by atoms with Crippen LogP contribution in [0.5, 0.6) is 0 Å². The van der Waals surface area contributed by atoms with Crippen LogP contribution in [0.1, 0.15) is 38.2 Å². The summed E-state index contributed by atoms with van der Waals surface area (Å²) >= 11 is 0. The summed E-state index contributed by atoms with van der Waals surface area (Å²) in [6.07, 6.45) is 3.78. The van der Waals surface area contributed by atoms with E-state index in [2.05, 4.69) is 5.32 Å². The van der Waals surface area contributed by atoms with Crippen LogP contribution < -0.4 is 5.32 Å². The zero-order chi connectivity index (χ0) is 15.5. The molecule has 1 aromatic rings. The van der Waals surface area contributed by atoms with E-state index >= 15 is 0 Å². The van der Waals surface area contributed by atoms with Crippen molar-refractivity contribution < 1.29 is 12.8 Å². The summed E-state index contributed by atoms with van der Waals surface area (Å²) in [7, 11) is -2.05. The van der Waals surface area contributed by atoms with Gasteiger partial charge in [0.25, 0.3) is 0 Å². The molecule has 0 atom stereocenters. The van der Waals surface area contributed by atoms with Crippen LogP contribution in [0.3, 0.4) is 0 Å². The summed E-state index contributed by atoms with van der Waals surface area (Å²) in [5, 5.41) is 3.17. The smallest absolute Gasteiger partial charge is 0.243 e. The molecule has 1 aliphatic carbocycles. The van der Waals surface area contributed by atoms with Gasteiger partial charge in [0, 0.05) is 19.6 Å². The molecule has 21 heavy (non-hydrogen) atoms. The largest absolute Gasteiger partial charge is 0.313 e. The Balaban J connectivity index is 2.29. The summed E-state index contributed by atoms with van der Waals surface area (Å²) < 4.78 is 40.3. The molecule has 0 spiro atoms. The average Bonchev–Trinajstić information content (AvgIpc) is 2.38. The minimum absolute atomic E-state index is 0.0507. The Bertz CT molecular complexity index is 585. The van der Waals surface area contributed by atoms with Gasteiger partial charge in [-0.15, -0.1) is 0 Å². The van der Waals surface area contributed by atoms with Crippen molar-refractivity contribution in [3.8, 4) is 0 Å². The van der Waals surface area contributed by atoms with Crippen molar-refractivity contribution in [2.24, 2.45) is 0 Å². The Morgan fingerprint density at radius 1 is 1.38 bits per heavy atom. The monoisotopic (exact) mass is 314 g/mol. The van der Waals surface area contributed by atoms with E-state index in [1.807, 2.05) is 6.92 Å². The van der Waals surface area contributed by atoms with Gasteiger partial charge in [-0.05, 0) is 43.5 Å². The highest BCUT2D eigenvalue weighted by atomic mass is 32.2. The maximum atomic E-state index is 13.5. The third kappa shape index (κ3) is 3.62. The standard InChI is InChI=1S/C15H23FN2O2S/c1-3-9-17-11-12-7-8-13(16)10-15(12)21(19,20)18(2)14-5-4-6-14/h7-8,10,14,17H,3-6,9,11H2,1-2H3. The van der Waals surface area contributed by atoms with Gasteiger partial charge in [-0.2, -0.15) is 4.31 Å². The molecule has 118 valence electrons. The van der Waals surface area contributed by atoms with Crippen molar-refractivity contribution >= 4 is 10.0 Å². The molecule has 2 rings (SSSR count). The highest BCUT2D eigenvalue weighted by molar-refractivity contribution is 7.89. The van der Waals surface area contributed by atoms with Crippen molar-refractivity contribution in [1.29, 1.82) is 0 Å². The minimum Gasteiger partial charge on any atom is -0.313 e. The predicted octanol–water partition coefficient (Wildman–Crippen LogP) is 2.50. The second kappa shape index (κ2) is 6.85. The third-order valence-electron chi connectivity index (χ3n) is 4.02. The van der Waals surface area contributed by atoms with Crippen molar-refractivity contribution in [2.45, 2.75) is 50.1 Å². The Kier molecular flexibility index (Phi) is 5.35. The quantitative estimate of drug-likeness (QED) is 0.787. The van der Waals surface area contributed by atoms with E-state index in [9.17, 15) is 12.8 Å². The van der Waals surface area contributed by atoms with Gasteiger partial charge in [0.15, 0.2) is 0 Å². The van der Waals surface area contributed by atoms with Crippen molar-refractivity contribution in [2.75, 3.05) is 13.6 Å². The minimum atomic E-state index is -3.64. The lowest BCUT2D eigenvalue weighted by Crippen LogP contribution is -2.41. The molecular formula is C15H23FN2O2S. The fourth-order valence-corrected chi connectivity index (χ4v) is 4.06. The van der Waals surface area contributed by atoms with Crippen LogP contribution in [-0.2, 0) is 16.6 Å². The van der Waals surface area contributed by atoms with E-state index in [0.717, 1.165) is 38.3 Å². The van der Waals surface area contributed by atoms with E-state index < -0.39 is 15.8 Å². The maximum Gasteiger partial charge on any atom is 0.243 e. The summed E-state index contributed by atoms with van der Waals surface area (Å²) in [6, 6.07) is 4.05. The van der Waals surface area contributed by atoms with Crippen LogP contribution in [0, 0.1) is 5.82 Å². The van der Waals surface area contributed by atoms with Crippen LogP contribution in [0.2, 0.25) is 0 Å². The van der Waals surface area contributed by atoms with E-state index in [1.165, 1.54) is 10.4 Å². The molecule has 0 radical (unpaired) electrons. The second-order valence-corrected chi connectivity index (χ2v) is 7.50.